The van der Waals surface area contributed by atoms with Gasteiger partial charge in [-0.3, -0.25) is 24.0 Å². The van der Waals surface area contributed by atoms with E-state index >= 15 is 0 Å². The zero-order valence-corrected chi connectivity index (χ0v) is 29.7. The average Bonchev–Trinajstić information content (AvgIpc) is 3.96. The Labute approximate surface area is 296 Å². The van der Waals surface area contributed by atoms with E-state index in [-0.39, 0.29) is 51.4 Å². The number of nitrogens with zero attached hydrogens (tertiary/aromatic N) is 2. The number of ether oxygens (including phenoxy) is 2. The molecule has 278 valence electrons. The van der Waals surface area contributed by atoms with Gasteiger partial charge in [-0.1, -0.05) is 51.0 Å². The van der Waals surface area contributed by atoms with Gasteiger partial charge in [-0.25, -0.2) is 22.4 Å². The molecule has 0 unspecified atom stereocenters. The van der Waals surface area contributed by atoms with Crippen LogP contribution < -0.4 is 15.4 Å². The predicted molar refractivity (Wildman–Crippen MR) is 180 cm³/mol. The first kappa shape index (κ1) is 36.6. The number of rotatable bonds is 7. The lowest BCUT2D eigenvalue weighted by Gasteiger charge is -2.29. The van der Waals surface area contributed by atoms with Crippen molar-refractivity contribution in [3.8, 4) is 0 Å². The third-order valence-electron chi connectivity index (χ3n) is 10.1. The first-order valence-corrected chi connectivity index (χ1v) is 19.3. The fraction of sp³-hybridized carbons (Fsp3) is 0.629. The van der Waals surface area contributed by atoms with Gasteiger partial charge in [-0.2, -0.15) is 0 Å². The highest BCUT2D eigenvalue weighted by Gasteiger charge is 2.62. The molecule has 0 bridgehead atoms. The molecule has 1 saturated heterocycles. The Balaban J connectivity index is 1.24. The SMILES string of the molecule is CC(C)COC(=O)N[C@H]1CCCCC/C=C\[C@H]2C[C@@]2(C(=O)NS(=O)(=O)C2CC2)NC(=O)[C@@H]2C[C@@H](OC(=O)N3Cc4cccc(F)c4C3)CN2C1=O. The summed E-state index contributed by atoms with van der Waals surface area (Å²) in [6.45, 7) is 3.84. The maximum Gasteiger partial charge on any atom is 0.410 e. The van der Waals surface area contributed by atoms with E-state index in [1.54, 1.807) is 12.1 Å². The third kappa shape index (κ3) is 8.31. The molecule has 1 aromatic rings. The van der Waals surface area contributed by atoms with Crippen LogP contribution in [0.1, 0.15) is 82.8 Å². The molecule has 0 aromatic heterocycles. The lowest BCUT2D eigenvalue weighted by molar-refractivity contribution is -0.141. The highest BCUT2D eigenvalue weighted by atomic mass is 32.2. The molecule has 14 nitrogen and oxygen atoms in total. The van der Waals surface area contributed by atoms with E-state index in [2.05, 4.69) is 15.4 Å². The largest absolute Gasteiger partial charge is 0.449 e. The number of nitrogens with one attached hydrogen (secondary N) is 3. The number of halogens is 1. The highest BCUT2D eigenvalue weighted by molar-refractivity contribution is 7.91. The van der Waals surface area contributed by atoms with Gasteiger partial charge >= 0.3 is 12.2 Å². The van der Waals surface area contributed by atoms with Gasteiger partial charge in [0.2, 0.25) is 21.8 Å². The molecule has 5 aliphatic rings. The second-order valence-corrected chi connectivity index (χ2v) is 16.6. The van der Waals surface area contributed by atoms with Gasteiger partial charge in [0.25, 0.3) is 5.91 Å². The maximum atomic E-state index is 14.4. The van der Waals surface area contributed by atoms with Crippen LogP contribution in [-0.2, 0) is 47.0 Å². The normalized spacial score (nSPS) is 28.7. The summed E-state index contributed by atoms with van der Waals surface area (Å²) >= 11 is 0. The van der Waals surface area contributed by atoms with Crippen LogP contribution in [0.2, 0.25) is 0 Å². The molecule has 6 rings (SSSR count). The minimum Gasteiger partial charge on any atom is -0.449 e. The fourth-order valence-corrected chi connectivity index (χ4v) is 8.36. The smallest absolute Gasteiger partial charge is 0.410 e. The number of alkyl carbamates (subject to hydrolysis) is 1. The Kier molecular flexibility index (Phi) is 10.6. The molecule has 1 aromatic carbocycles. The van der Waals surface area contributed by atoms with Crippen molar-refractivity contribution in [2.24, 2.45) is 11.8 Å². The number of carbonyl (C=O) groups excluding carboxylic acids is 5. The van der Waals surface area contributed by atoms with Gasteiger partial charge in [0, 0.05) is 24.4 Å². The summed E-state index contributed by atoms with van der Waals surface area (Å²) in [4.78, 5) is 70.6. The van der Waals surface area contributed by atoms with Crippen molar-refractivity contribution >= 4 is 39.9 Å². The number of carbonyl (C=O) groups is 5. The Morgan fingerprint density at radius 2 is 1.88 bits per heavy atom. The Bertz CT molecular complexity index is 1700. The third-order valence-corrected chi connectivity index (χ3v) is 12.0. The number of hydrogen-bond donors (Lipinski definition) is 3. The summed E-state index contributed by atoms with van der Waals surface area (Å²) in [7, 11) is -3.92. The number of allylic oxidation sites excluding steroid dienone is 1. The second kappa shape index (κ2) is 14.8. The molecule has 16 heteroatoms. The molecule has 2 saturated carbocycles. The van der Waals surface area contributed by atoms with E-state index in [1.807, 2.05) is 26.0 Å². The lowest BCUT2D eigenvalue weighted by Crippen LogP contribution is -2.58. The standard InChI is InChI=1S/C35H46FN5O9S/c1-21(2)20-49-33(45)37-28-12-7-5-3-4-6-10-23-16-35(23,32(44)39-51(47,48)25-13-14-25)38-30(42)29-15-24(18-41(29)31(28)43)50-34(46)40-17-22-9-8-11-27(36)26(22)19-40/h6,8-11,21,23-25,28-29H,3-5,7,12-20H2,1-2H3,(H,37,45)(H,38,42)(H,39,44)/b10-6-/t23-,24+,28-,29-,35+/m0/s1. The minimum absolute atomic E-state index is 0.000898. The van der Waals surface area contributed by atoms with E-state index in [9.17, 15) is 36.8 Å². The lowest BCUT2D eigenvalue weighted by atomic mass is 10.0. The Morgan fingerprint density at radius 1 is 1.10 bits per heavy atom. The van der Waals surface area contributed by atoms with Gasteiger partial charge in [0.1, 0.15) is 29.5 Å². The Morgan fingerprint density at radius 3 is 2.61 bits per heavy atom. The quantitative estimate of drug-likeness (QED) is 0.356. The van der Waals surface area contributed by atoms with Crippen LogP contribution in [0.15, 0.2) is 30.4 Å². The molecule has 51 heavy (non-hydrogen) atoms. The molecule has 5 atom stereocenters. The number of fused-ring (bicyclic) bond motifs is 3. The zero-order valence-electron chi connectivity index (χ0n) is 28.9. The monoisotopic (exact) mass is 731 g/mol. The summed E-state index contributed by atoms with van der Waals surface area (Å²) < 4.78 is 53.1. The van der Waals surface area contributed by atoms with Crippen LogP contribution in [0.25, 0.3) is 0 Å². The van der Waals surface area contributed by atoms with Crippen molar-refractivity contribution in [3.63, 3.8) is 0 Å². The van der Waals surface area contributed by atoms with Crippen molar-refractivity contribution in [1.82, 2.24) is 25.2 Å². The van der Waals surface area contributed by atoms with Crippen molar-refractivity contribution in [1.29, 1.82) is 0 Å². The maximum absolute atomic E-state index is 14.4. The van der Waals surface area contributed by atoms with Crippen LogP contribution in [0.3, 0.4) is 0 Å². The number of amides is 5. The summed E-state index contributed by atoms with van der Waals surface area (Å²) in [6.07, 6.45) is 5.19. The van der Waals surface area contributed by atoms with E-state index in [4.69, 9.17) is 9.47 Å². The molecule has 5 amide bonds. The van der Waals surface area contributed by atoms with E-state index in [0.29, 0.717) is 36.8 Å². The average molecular weight is 732 g/mol. The van der Waals surface area contributed by atoms with E-state index in [0.717, 1.165) is 12.8 Å². The van der Waals surface area contributed by atoms with Gasteiger partial charge in [-0.05, 0) is 56.1 Å². The van der Waals surface area contributed by atoms with E-state index in [1.165, 1.54) is 15.9 Å². The zero-order chi connectivity index (χ0) is 36.5. The van der Waals surface area contributed by atoms with Gasteiger partial charge in [0.15, 0.2) is 0 Å². The van der Waals surface area contributed by atoms with Crippen LogP contribution in [0.4, 0.5) is 14.0 Å². The van der Waals surface area contributed by atoms with Crippen molar-refractivity contribution in [3.05, 3.63) is 47.3 Å². The molecule has 2 aliphatic carbocycles. The van der Waals surface area contributed by atoms with Crippen molar-refractivity contribution in [2.45, 2.75) is 114 Å². The molecular formula is C35H46FN5O9S. The second-order valence-electron chi connectivity index (χ2n) is 14.7. The van der Waals surface area contributed by atoms with Gasteiger partial charge in [-0.15, -0.1) is 0 Å². The summed E-state index contributed by atoms with van der Waals surface area (Å²) in [5.74, 6) is -2.98. The first-order valence-electron chi connectivity index (χ1n) is 17.8. The first-order chi connectivity index (χ1) is 24.3. The topological polar surface area (TPSA) is 181 Å². The summed E-state index contributed by atoms with van der Waals surface area (Å²) in [5.41, 5.74) is -0.510. The molecule has 0 radical (unpaired) electrons. The molecule has 3 aliphatic heterocycles. The van der Waals surface area contributed by atoms with Crippen molar-refractivity contribution in [2.75, 3.05) is 13.2 Å². The number of sulfonamides is 1. The van der Waals surface area contributed by atoms with Crippen LogP contribution in [-0.4, -0.2) is 90.3 Å². The summed E-state index contributed by atoms with van der Waals surface area (Å²) in [5, 5.41) is 4.79. The molecule has 3 fully saturated rings. The molecule has 3 heterocycles. The molecule has 3 N–H and O–H groups in total. The fourth-order valence-electron chi connectivity index (χ4n) is 7.00. The van der Waals surface area contributed by atoms with Crippen LogP contribution >= 0.6 is 0 Å². The predicted octanol–water partition coefficient (Wildman–Crippen LogP) is 3.00. The Hall–Kier alpha value is -4.21. The van der Waals surface area contributed by atoms with Gasteiger partial charge in [0.05, 0.1) is 24.9 Å². The molecule has 0 spiro atoms. The number of hydrogen-bond acceptors (Lipinski definition) is 9. The number of benzene rings is 1. The summed E-state index contributed by atoms with van der Waals surface area (Å²) in [6, 6.07) is 2.33. The minimum atomic E-state index is -3.92. The van der Waals surface area contributed by atoms with Crippen molar-refractivity contribution < 1.29 is 46.3 Å². The highest BCUT2D eigenvalue weighted by Crippen LogP contribution is 2.46. The van der Waals surface area contributed by atoms with Crippen LogP contribution in [0, 0.1) is 17.7 Å². The van der Waals surface area contributed by atoms with E-state index < -0.39 is 80.6 Å². The van der Waals surface area contributed by atoms with Gasteiger partial charge < -0.3 is 25.0 Å². The van der Waals surface area contributed by atoms with Crippen LogP contribution in [0.5, 0.6) is 0 Å². The molecular weight excluding hydrogens is 685 g/mol.